The van der Waals surface area contributed by atoms with Crippen LogP contribution >= 0.6 is 11.6 Å². The molecule has 0 bridgehead atoms. The molecule has 106 valence electrons. The van der Waals surface area contributed by atoms with E-state index in [1.54, 1.807) is 23.9 Å². The summed E-state index contributed by atoms with van der Waals surface area (Å²) in [6.45, 7) is 3.87. The number of benzene rings is 1. The minimum atomic E-state index is -0.319. The van der Waals surface area contributed by atoms with Crippen LogP contribution in [0.3, 0.4) is 0 Å². The molecule has 20 heavy (non-hydrogen) atoms. The smallest absolute Gasteiger partial charge is 0.307 e. The summed E-state index contributed by atoms with van der Waals surface area (Å²) in [7, 11) is 1.79. The first-order valence-corrected chi connectivity index (χ1v) is 6.75. The Hall–Kier alpha value is -2.01. The fraction of sp³-hybridized carbons (Fsp3) is 0.286. The maximum absolute atomic E-state index is 12.0. The lowest BCUT2D eigenvalue weighted by molar-refractivity contribution is 0.262. The van der Waals surface area contributed by atoms with Crippen molar-refractivity contribution >= 4 is 29.1 Å². The van der Waals surface area contributed by atoms with E-state index in [0.717, 1.165) is 17.7 Å². The van der Waals surface area contributed by atoms with Gasteiger partial charge in [-0.1, -0.05) is 24.6 Å². The van der Waals surface area contributed by atoms with E-state index in [0.29, 0.717) is 16.5 Å². The number of anilines is 2. The zero-order chi connectivity index (χ0) is 14.7. The Labute approximate surface area is 122 Å². The van der Waals surface area contributed by atoms with Crippen molar-refractivity contribution in [2.24, 2.45) is 7.05 Å². The van der Waals surface area contributed by atoms with Crippen LogP contribution in [-0.2, 0) is 13.5 Å². The first-order chi connectivity index (χ1) is 9.51. The van der Waals surface area contributed by atoms with E-state index >= 15 is 0 Å². The van der Waals surface area contributed by atoms with Crippen LogP contribution in [0.25, 0.3) is 0 Å². The summed E-state index contributed by atoms with van der Waals surface area (Å²) in [6.07, 6.45) is 0.824. The summed E-state index contributed by atoms with van der Waals surface area (Å²) < 4.78 is 1.64. The lowest BCUT2D eigenvalue weighted by atomic mass is 10.2. The summed E-state index contributed by atoms with van der Waals surface area (Å²) in [5.74, 6) is 0.652. The maximum Gasteiger partial charge on any atom is 0.324 e. The van der Waals surface area contributed by atoms with Crippen molar-refractivity contribution in [3.63, 3.8) is 0 Å². The van der Waals surface area contributed by atoms with Crippen molar-refractivity contribution in [3.8, 4) is 0 Å². The van der Waals surface area contributed by atoms with Gasteiger partial charge in [-0.15, -0.1) is 0 Å². The molecule has 0 aliphatic heterocycles. The molecule has 0 aliphatic rings. The normalized spacial score (nSPS) is 10.4. The molecule has 2 amide bonds. The van der Waals surface area contributed by atoms with Crippen molar-refractivity contribution in [3.05, 3.63) is 40.5 Å². The summed E-state index contributed by atoms with van der Waals surface area (Å²) in [5.41, 5.74) is 2.46. The first-order valence-electron chi connectivity index (χ1n) is 6.37. The number of aryl methyl sites for hydroxylation is 2. The third-order valence-electron chi connectivity index (χ3n) is 3.05. The van der Waals surface area contributed by atoms with Crippen molar-refractivity contribution in [1.82, 2.24) is 9.78 Å². The Kier molecular flexibility index (Phi) is 4.29. The monoisotopic (exact) mass is 292 g/mol. The van der Waals surface area contributed by atoms with Crippen LogP contribution in [-0.4, -0.2) is 15.8 Å². The summed E-state index contributed by atoms with van der Waals surface area (Å²) in [5, 5.41) is 10.4. The summed E-state index contributed by atoms with van der Waals surface area (Å²) >= 11 is 6.02. The predicted molar refractivity (Wildman–Crippen MR) is 81.4 cm³/mol. The molecule has 0 aliphatic carbocycles. The average molecular weight is 293 g/mol. The van der Waals surface area contributed by atoms with Gasteiger partial charge in [0.15, 0.2) is 0 Å². The molecule has 1 aromatic carbocycles. The van der Waals surface area contributed by atoms with Gasteiger partial charge in [-0.3, -0.25) is 10.00 Å². The van der Waals surface area contributed by atoms with Gasteiger partial charge in [0, 0.05) is 23.8 Å². The second-order valence-electron chi connectivity index (χ2n) is 4.49. The molecule has 0 saturated carbocycles. The molecule has 0 fully saturated rings. The largest absolute Gasteiger partial charge is 0.324 e. The number of hydrogen-bond donors (Lipinski definition) is 2. The number of nitrogens with one attached hydrogen (secondary N) is 2. The number of amides is 2. The molecule has 0 spiro atoms. The van der Waals surface area contributed by atoms with Gasteiger partial charge < -0.3 is 5.32 Å². The molecule has 2 rings (SSSR count). The highest BCUT2D eigenvalue weighted by Gasteiger charge is 2.10. The van der Waals surface area contributed by atoms with E-state index in [4.69, 9.17) is 11.6 Å². The van der Waals surface area contributed by atoms with Crippen LogP contribution in [0.15, 0.2) is 24.3 Å². The molecule has 0 radical (unpaired) electrons. The quantitative estimate of drug-likeness (QED) is 0.908. The fourth-order valence-corrected chi connectivity index (χ4v) is 2.00. The summed E-state index contributed by atoms with van der Waals surface area (Å²) in [4.78, 5) is 12.0. The van der Waals surface area contributed by atoms with Crippen molar-refractivity contribution in [1.29, 1.82) is 0 Å². The molecule has 0 unspecified atom stereocenters. The molecule has 2 aromatic rings. The molecular formula is C14H17ClN4O. The predicted octanol–water partition coefficient (Wildman–Crippen LogP) is 3.59. The minimum absolute atomic E-state index is 0.319. The van der Waals surface area contributed by atoms with E-state index < -0.39 is 0 Å². The third-order valence-corrected chi connectivity index (χ3v) is 3.46. The fourth-order valence-electron chi connectivity index (χ4n) is 1.83. The van der Waals surface area contributed by atoms with Crippen LogP contribution in [0, 0.1) is 6.92 Å². The molecule has 1 aromatic heterocycles. The molecular weight excluding hydrogens is 276 g/mol. The van der Waals surface area contributed by atoms with Gasteiger partial charge >= 0.3 is 6.03 Å². The van der Waals surface area contributed by atoms with Gasteiger partial charge in [0.2, 0.25) is 0 Å². The van der Waals surface area contributed by atoms with E-state index in [9.17, 15) is 4.79 Å². The number of urea groups is 1. The summed E-state index contributed by atoms with van der Waals surface area (Å²) in [6, 6.07) is 6.92. The van der Waals surface area contributed by atoms with Crippen molar-refractivity contribution < 1.29 is 4.79 Å². The van der Waals surface area contributed by atoms with Crippen molar-refractivity contribution in [2.75, 3.05) is 10.6 Å². The number of halogens is 1. The van der Waals surface area contributed by atoms with Crippen molar-refractivity contribution in [2.45, 2.75) is 20.3 Å². The Morgan fingerprint density at radius 2 is 2.15 bits per heavy atom. The first kappa shape index (κ1) is 14.4. The number of nitrogens with zero attached hydrogens (tertiary/aromatic N) is 2. The Balaban J connectivity index is 2.09. The van der Waals surface area contributed by atoms with Crippen LogP contribution in [0.5, 0.6) is 0 Å². The standard InChI is InChI=1S/C14H17ClN4O/c1-4-10-8-13(19(3)18-10)17-14(20)16-12-7-5-6-11(15)9(12)2/h5-8H,4H2,1-3H3,(H2,16,17,20). The maximum atomic E-state index is 12.0. The van der Waals surface area contributed by atoms with Crippen LogP contribution in [0.4, 0.5) is 16.3 Å². The van der Waals surface area contributed by atoms with Gasteiger partial charge in [-0.05, 0) is 31.0 Å². The van der Waals surface area contributed by atoms with Crippen LogP contribution in [0.1, 0.15) is 18.2 Å². The second-order valence-corrected chi connectivity index (χ2v) is 4.90. The zero-order valence-corrected chi connectivity index (χ0v) is 12.5. The van der Waals surface area contributed by atoms with Gasteiger partial charge in [0.1, 0.15) is 5.82 Å². The number of carbonyl (C=O) groups excluding carboxylic acids is 1. The Bertz CT molecular complexity index is 636. The molecule has 1 heterocycles. The number of rotatable bonds is 3. The highest BCUT2D eigenvalue weighted by atomic mass is 35.5. The topological polar surface area (TPSA) is 59.0 Å². The second kappa shape index (κ2) is 5.96. The number of aromatic nitrogens is 2. The lowest BCUT2D eigenvalue weighted by Crippen LogP contribution is -2.21. The molecule has 6 heteroatoms. The molecule has 0 saturated heterocycles. The van der Waals surface area contributed by atoms with Gasteiger partial charge in [0.25, 0.3) is 0 Å². The molecule has 2 N–H and O–H groups in total. The SMILES string of the molecule is CCc1cc(NC(=O)Nc2cccc(Cl)c2C)n(C)n1. The minimum Gasteiger partial charge on any atom is -0.307 e. The van der Waals surface area contributed by atoms with Gasteiger partial charge in [-0.2, -0.15) is 5.10 Å². The lowest BCUT2D eigenvalue weighted by Gasteiger charge is -2.10. The average Bonchev–Trinajstić information content (AvgIpc) is 2.76. The third kappa shape index (κ3) is 3.11. The molecule has 0 atom stereocenters. The van der Waals surface area contributed by atoms with Crippen LogP contribution in [0.2, 0.25) is 5.02 Å². The zero-order valence-electron chi connectivity index (χ0n) is 11.7. The highest BCUT2D eigenvalue weighted by Crippen LogP contribution is 2.23. The van der Waals surface area contributed by atoms with E-state index in [-0.39, 0.29) is 6.03 Å². The van der Waals surface area contributed by atoms with Crippen LogP contribution < -0.4 is 10.6 Å². The van der Waals surface area contributed by atoms with E-state index in [2.05, 4.69) is 15.7 Å². The number of carbonyl (C=O) groups is 1. The van der Waals surface area contributed by atoms with Gasteiger partial charge in [-0.25, -0.2) is 4.79 Å². The number of hydrogen-bond acceptors (Lipinski definition) is 2. The van der Waals surface area contributed by atoms with E-state index in [1.807, 2.05) is 26.0 Å². The Morgan fingerprint density at radius 3 is 2.80 bits per heavy atom. The molecule has 5 nitrogen and oxygen atoms in total. The highest BCUT2D eigenvalue weighted by molar-refractivity contribution is 6.31. The van der Waals surface area contributed by atoms with E-state index in [1.165, 1.54) is 0 Å². The van der Waals surface area contributed by atoms with Gasteiger partial charge in [0.05, 0.1) is 5.69 Å². The Morgan fingerprint density at radius 1 is 1.40 bits per heavy atom.